The van der Waals surface area contributed by atoms with Gasteiger partial charge in [-0.15, -0.1) is 0 Å². The van der Waals surface area contributed by atoms with E-state index in [1.165, 1.54) is 11.8 Å². The van der Waals surface area contributed by atoms with E-state index in [1.807, 2.05) is 56.0 Å². The van der Waals surface area contributed by atoms with Gasteiger partial charge in [-0.05, 0) is 24.5 Å². The number of rotatable bonds is 2. The fourth-order valence-corrected chi connectivity index (χ4v) is 1.94. The van der Waals surface area contributed by atoms with Gasteiger partial charge in [-0.25, -0.2) is 4.99 Å². The molecule has 6 heteroatoms. The van der Waals surface area contributed by atoms with Crippen LogP contribution in [0.1, 0.15) is 0 Å². The first-order valence-electron chi connectivity index (χ1n) is 5.61. The molecule has 0 fully saturated rings. The van der Waals surface area contributed by atoms with E-state index >= 15 is 0 Å². The molecule has 0 spiro atoms. The summed E-state index contributed by atoms with van der Waals surface area (Å²) in [6.45, 7) is 0. The van der Waals surface area contributed by atoms with Gasteiger partial charge >= 0.3 is 0 Å². The van der Waals surface area contributed by atoms with Gasteiger partial charge in [0.1, 0.15) is 0 Å². The molecule has 0 saturated carbocycles. The predicted molar refractivity (Wildman–Crippen MR) is 78.0 cm³/mol. The fraction of sp³-hybridized carbons (Fsp3) is 0.154. The second-order valence-electron chi connectivity index (χ2n) is 3.78. The van der Waals surface area contributed by atoms with E-state index in [1.54, 1.807) is 4.68 Å². The number of aryl methyl sites for hydroxylation is 1. The highest BCUT2D eigenvalue weighted by Crippen LogP contribution is 2.23. The van der Waals surface area contributed by atoms with Gasteiger partial charge in [0.2, 0.25) is 0 Å². The van der Waals surface area contributed by atoms with Crippen LogP contribution in [0.5, 0.6) is 0 Å². The third kappa shape index (κ3) is 3.36. The van der Waals surface area contributed by atoms with Crippen LogP contribution in [0.3, 0.4) is 0 Å². The molecule has 0 aliphatic heterocycles. The Morgan fingerprint density at radius 2 is 2.32 bits per heavy atom. The number of aromatic nitrogens is 2. The summed E-state index contributed by atoms with van der Waals surface area (Å²) in [4.78, 5) is 4.37. The first kappa shape index (κ1) is 13.2. The summed E-state index contributed by atoms with van der Waals surface area (Å²) in [6, 6.07) is 9.69. The van der Waals surface area contributed by atoms with Crippen molar-refractivity contribution in [2.24, 2.45) is 12.0 Å². The molecule has 1 N–H and O–H groups in total. The van der Waals surface area contributed by atoms with Crippen LogP contribution >= 0.6 is 11.8 Å². The molecule has 1 aromatic carbocycles. The average Bonchev–Trinajstić information content (AvgIpc) is 2.85. The number of nitriles is 1. The Bertz CT molecular complexity index is 638. The summed E-state index contributed by atoms with van der Waals surface area (Å²) in [5.74, 6) is 0. The summed E-state index contributed by atoms with van der Waals surface area (Å²) in [7, 11) is 1.88. The van der Waals surface area contributed by atoms with E-state index in [-0.39, 0.29) is 0 Å². The van der Waals surface area contributed by atoms with Crippen molar-refractivity contribution in [2.45, 2.75) is 0 Å². The molecule has 0 aliphatic carbocycles. The van der Waals surface area contributed by atoms with Crippen molar-refractivity contribution in [1.82, 2.24) is 15.1 Å². The SMILES string of the molecule is CSC(=Nc1cccc(-c2ccn(C)n2)c1)NC#N. The van der Waals surface area contributed by atoms with E-state index < -0.39 is 0 Å². The van der Waals surface area contributed by atoms with Crippen molar-refractivity contribution in [2.75, 3.05) is 6.26 Å². The Morgan fingerprint density at radius 1 is 1.47 bits per heavy atom. The molecule has 0 saturated heterocycles. The van der Waals surface area contributed by atoms with Gasteiger partial charge in [0.05, 0.1) is 11.4 Å². The van der Waals surface area contributed by atoms with Gasteiger partial charge < -0.3 is 0 Å². The molecule has 96 valence electrons. The third-order valence-corrected chi connectivity index (χ3v) is 3.02. The topological polar surface area (TPSA) is 66.0 Å². The van der Waals surface area contributed by atoms with Crippen molar-refractivity contribution in [1.29, 1.82) is 5.26 Å². The average molecular weight is 271 g/mol. The quantitative estimate of drug-likeness (QED) is 0.394. The molecule has 2 rings (SSSR count). The zero-order valence-electron chi connectivity index (χ0n) is 10.7. The van der Waals surface area contributed by atoms with Gasteiger partial charge in [-0.2, -0.15) is 10.4 Å². The number of aliphatic imine (C=N–C) groups is 1. The summed E-state index contributed by atoms with van der Waals surface area (Å²) in [6.07, 6.45) is 5.64. The number of hydrogen-bond acceptors (Lipinski definition) is 4. The summed E-state index contributed by atoms with van der Waals surface area (Å²) in [5, 5.41) is 16.1. The number of amidine groups is 1. The lowest BCUT2D eigenvalue weighted by atomic mass is 10.1. The first-order chi connectivity index (χ1) is 9.22. The fourth-order valence-electron chi connectivity index (χ4n) is 1.59. The van der Waals surface area contributed by atoms with Gasteiger partial charge in [-0.3, -0.25) is 10.00 Å². The highest BCUT2D eigenvalue weighted by atomic mass is 32.2. The van der Waals surface area contributed by atoms with E-state index in [4.69, 9.17) is 5.26 Å². The molecule has 19 heavy (non-hydrogen) atoms. The molecule has 1 aromatic heterocycles. The second kappa shape index (κ2) is 6.07. The van der Waals surface area contributed by atoms with Gasteiger partial charge in [-0.1, -0.05) is 23.9 Å². The minimum absolute atomic E-state index is 0.570. The van der Waals surface area contributed by atoms with Gasteiger partial charge in [0.15, 0.2) is 11.4 Å². The molecule has 0 atom stereocenters. The van der Waals surface area contributed by atoms with Crippen LogP contribution in [0.4, 0.5) is 5.69 Å². The number of thioether (sulfide) groups is 1. The largest absolute Gasteiger partial charge is 0.275 e. The van der Waals surface area contributed by atoms with Crippen LogP contribution in [0.2, 0.25) is 0 Å². The van der Waals surface area contributed by atoms with E-state index in [0.29, 0.717) is 5.17 Å². The number of hydrogen-bond donors (Lipinski definition) is 1. The summed E-state index contributed by atoms with van der Waals surface area (Å²) < 4.78 is 1.76. The normalized spacial score (nSPS) is 11.1. The van der Waals surface area contributed by atoms with Gasteiger partial charge in [0, 0.05) is 18.8 Å². The van der Waals surface area contributed by atoms with E-state index in [2.05, 4.69) is 15.4 Å². The molecule has 0 aliphatic rings. The molecule has 0 amide bonds. The minimum Gasteiger partial charge on any atom is -0.275 e. The van der Waals surface area contributed by atoms with Crippen LogP contribution < -0.4 is 5.32 Å². The zero-order valence-corrected chi connectivity index (χ0v) is 11.5. The number of benzene rings is 1. The van der Waals surface area contributed by atoms with Crippen molar-refractivity contribution in [3.8, 4) is 17.5 Å². The standard InChI is InChI=1S/C13H13N5S/c1-18-7-6-12(17-18)10-4-3-5-11(8-10)16-13(19-2)15-9-14/h3-8H,1-2H3,(H,15,16). The maximum absolute atomic E-state index is 8.61. The Hall–Kier alpha value is -2.26. The molecule has 0 unspecified atom stereocenters. The van der Waals surface area contributed by atoms with Crippen molar-refractivity contribution in [3.05, 3.63) is 36.5 Å². The monoisotopic (exact) mass is 271 g/mol. The lowest BCUT2D eigenvalue weighted by molar-refractivity contribution is 0.771. The first-order valence-corrected chi connectivity index (χ1v) is 6.83. The Labute approximate surface area is 116 Å². The Balaban J connectivity index is 2.32. The predicted octanol–water partition coefficient (Wildman–Crippen LogP) is 2.51. The maximum atomic E-state index is 8.61. The smallest absolute Gasteiger partial charge is 0.183 e. The Kier molecular flexibility index (Phi) is 4.21. The van der Waals surface area contributed by atoms with E-state index in [0.717, 1.165) is 16.9 Å². The van der Waals surface area contributed by atoms with E-state index in [9.17, 15) is 0 Å². The second-order valence-corrected chi connectivity index (χ2v) is 4.58. The molecular weight excluding hydrogens is 258 g/mol. The molecular formula is C13H13N5S. The molecule has 2 aromatic rings. The van der Waals surface area contributed by atoms with Gasteiger partial charge in [0.25, 0.3) is 0 Å². The van der Waals surface area contributed by atoms with Crippen LogP contribution in [-0.2, 0) is 7.05 Å². The van der Waals surface area contributed by atoms with Crippen molar-refractivity contribution < 1.29 is 0 Å². The number of nitrogens with one attached hydrogen (secondary N) is 1. The molecule has 0 bridgehead atoms. The highest BCUT2D eigenvalue weighted by Gasteiger charge is 2.03. The lowest BCUT2D eigenvalue weighted by Gasteiger charge is -2.02. The Morgan fingerprint density at radius 3 is 2.95 bits per heavy atom. The maximum Gasteiger partial charge on any atom is 0.183 e. The molecule has 1 heterocycles. The summed E-state index contributed by atoms with van der Waals surface area (Å²) >= 11 is 1.39. The summed E-state index contributed by atoms with van der Waals surface area (Å²) in [5.41, 5.74) is 2.69. The van der Waals surface area contributed by atoms with Crippen LogP contribution in [0.25, 0.3) is 11.3 Å². The third-order valence-electron chi connectivity index (χ3n) is 2.44. The molecule has 5 nitrogen and oxygen atoms in total. The highest BCUT2D eigenvalue weighted by molar-refractivity contribution is 8.13. The van der Waals surface area contributed by atoms with Crippen LogP contribution in [-0.4, -0.2) is 21.2 Å². The zero-order chi connectivity index (χ0) is 13.7. The number of nitrogens with zero attached hydrogens (tertiary/aromatic N) is 4. The molecule has 0 radical (unpaired) electrons. The van der Waals surface area contributed by atoms with Crippen LogP contribution in [0.15, 0.2) is 41.5 Å². The van der Waals surface area contributed by atoms with Crippen LogP contribution in [0, 0.1) is 11.5 Å². The minimum atomic E-state index is 0.570. The van der Waals surface area contributed by atoms with Crippen molar-refractivity contribution in [3.63, 3.8) is 0 Å². The van der Waals surface area contributed by atoms with Crippen molar-refractivity contribution >= 4 is 22.6 Å². The lowest BCUT2D eigenvalue weighted by Crippen LogP contribution is -2.12.